The number of benzene rings is 1. The lowest BCUT2D eigenvalue weighted by atomic mass is 10.00. The van der Waals surface area contributed by atoms with Crippen molar-refractivity contribution in [2.75, 3.05) is 6.61 Å². The van der Waals surface area contributed by atoms with Gasteiger partial charge in [-0.25, -0.2) is 0 Å². The molecule has 0 fully saturated rings. The van der Waals surface area contributed by atoms with Crippen LogP contribution in [-0.4, -0.2) is 22.2 Å². The van der Waals surface area contributed by atoms with Gasteiger partial charge in [0.15, 0.2) is 0 Å². The third kappa shape index (κ3) is 4.83. The van der Waals surface area contributed by atoms with Gasteiger partial charge in [0.2, 0.25) is 0 Å². The predicted molar refractivity (Wildman–Crippen MR) is 87.6 cm³/mol. The number of aliphatic hydroxyl groups is 1. The summed E-state index contributed by atoms with van der Waals surface area (Å²) in [5.41, 5.74) is 2.04. The van der Waals surface area contributed by atoms with Crippen molar-refractivity contribution in [3.05, 3.63) is 59.9 Å². The highest BCUT2D eigenvalue weighted by Crippen LogP contribution is 2.15. The zero-order valence-electron chi connectivity index (χ0n) is 13.2. The molecule has 0 aliphatic carbocycles. The van der Waals surface area contributed by atoms with Gasteiger partial charge in [-0.05, 0) is 48.7 Å². The second-order valence-corrected chi connectivity index (χ2v) is 5.71. The van der Waals surface area contributed by atoms with Crippen molar-refractivity contribution in [3.8, 4) is 5.75 Å². The Labute approximate surface area is 132 Å². The van der Waals surface area contributed by atoms with Crippen LogP contribution in [0.2, 0.25) is 0 Å². The topological polar surface area (TPSA) is 54.4 Å². The van der Waals surface area contributed by atoms with E-state index in [1.165, 1.54) is 5.56 Å². The number of pyridine rings is 1. The Kier molecular flexibility index (Phi) is 5.92. The number of nitrogens with zero attached hydrogens (tertiary/aromatic N) is 1. The van der Waals surface area contributed by atoms with Crippen molar-refractivity contribution in [1.29, 1.82) is 0 Å². The van der Waals surface area contributed by atoms with Crippen molar-refractivity contribution in [3.63, 3.8) is 0 Å². The Balaban J connectivity index is 1.85. The zero-order valence-corrected chi connectivity index (χ0v) is 13.2. The fraction of sp³-hybridized carbons (Fsp3) is 0.389. The van der Waals surface area contributed by atoms with Crippen LogP contribution in [0.3, 0.4) is 0 Å². The second-order valence-electron chi connectivity index (χ2n) is 5.71. The van der Waals surface area contributed by atoms with Crippen LogP contribution in [0, 0.1) is 0 Å². The molecule has 1 heterocycles. The molecule has 2 rings (SSSR count). The molecule has 1 aromatic carbocycles. The maximum Gasteiger partial charge on any atom is 0.119 e. The molecule has 0 radical (unpaired) electrons. The van der Waals surface area contributed by atoms with Gasteiger partial charge in [-0.15, -0.1) is 0 Å². The van der Waals surface area contributed by atoms with E-state index < -0.39 is 0 Å². The standard InChI is InChI=1S/C18H24N2O2/c1-3-18(2,14-21)20-12-15-4-6-17(7-5-15)22-13-16-8-10-19-11-9-16/h4-11,20-21H,3,12-14H2,1-2H3. The van der Waals surface area contributed by atoms with Gasteiger partial charge in [0.05, 0.1) is 6.61 Å². The lowest BCUT2D eigenvalue weighted by Crippen LogP contribution is -2.44. The van der Waals surface area contributed by atoms with Gasteiger partial charge < -0.3 is 15.2 Å². The molecule has 0 saturated carbocycles. The van der Waals surface area contributed by atoms with E-state index in [2.05, 4.69) is 17.2 Å². The fourth-order valence-electron chi connectivity index (χ4n) is 1.96. The molecule has 1 atom stereocenters. The molecule has 4 heteroatoms. The third-order valence-corrected chi connectivity index (χ3v) is 3.93. The van der Waals surface area contributed by atoms with Gasteiger partial charge in [-0.1, -0.05) is 19.1 Å². The number of aromatic nitrogens is 1. The average Bonchev–Trinajstić information content (AvgIpc) is 2.59. The summed E-state index contributed by atoms with van der Waals surface area (Å²) < 4.78 is 5.75. The maximum atomic E-state index is 9.40. The molecule has 0 aliphatic rings. The average molecular weight is 300 g/mol. The molecule has 0 bridgehead atoms. The van der Waals surface area contributed by atoms with Crippen molar-refractivity contribution in [1.82, 2.24) is 10.3 Å². The first-order chi connectivity index (χ1) is 10.6. The van der Waals surface area contributed by atoms with Crippen LogP contribution >= 0.6 is 0 Å². The van der Waals surface area contributed by atoms with Crippen LogP contribution < -0.4 is 10.1 Å². The highest BCUT2D eigenvalue weighted by molar-refractivity contribution is 5.27. The Morgan fingerprint density at radius 3 is 2.36 bits per heavy atom. The molecule has 4 nitrogen and oxygen atoms in total. The van der Waals surface area contributed by atoms with Crippen LogP contribution in [0.4, 0.5) is 0 Å². The molecule has 22 heavy (non-hydrogen) atoms. The fourth-order valence-corrected chi connectivity index (χ4v) is 1.96. The van der Waals surface area contributed by atoms with Crippen molar-refractivity contribution in [2.45, 2.75) is 39.0 Å². The Bertz CT molecular complexity index is 551. The summed E-state index contributed by atoms with van der Waals surface area (Å²) in [6, 6.07) is 11.9. The van der Waals surface area contributed by atoms with E-state index in [1.54, 1.807) is 12.4 Å². The van der Waals surface area contributed by atoms with Crippen LogP contribution in [-0.2, 0) is 13.2 Å². The van der Waals surface area contributed by atoms with Crippen LogP contribution in [0.25, 0.3) is 0 Å². The summed E-state index contributed by atoms with van der Waals surface area (Å²) in [4.78, 5) is 3.99. The predicted octanol–water partition coefficient (Wildman–Crippen LogP) is 2.91. The van der Waals surface area contributed by atoms with Gasteiger partial charge >= 0.3 is 0 Å². The van der Waals surface area contributed by atoms with Gasteiger partial charge in [-0.2, -0.15) is 0 Å². The molecule has 0 aliphatic heterocycles. The molecule has 0 spiro atoms. The largest absolute Gasteiger partial charge is 0.489 e. The minimum Gasteiger partial charge on any atom is -0.489 e. The van der Waals surface area contributed by atoms with Gasteiger partial charge in [0, 0.05) is 24.5 Å². The van der Waals surface area contributed by atoms with E-state index in [0.717, 1.165) is 24.3 Å². The molecule has 0 saturated heterocycles. The first-order valence-corrected chi connectivity index (χ1v) is 7.62. The summed E-state index contributed by atoms with van der Waals surface area (Å²) in [6.45, 7) is 5.50. The van der Waals surface area contributed by atoms with E-state index in [9.17, 15) is 5.11 Å². The highest BCUT2D eigenvalue weighted by Gasteiger charge is 2.19. The number of rotatable bonds is 8. The van der Waals surface area contributed by atoms with Crippen molar-refractivity contribution in [2.24, 2.45) is 0 Å². The summed E-state index contributed by atoms with van der Waals surface area (Å²) in [6.07, 6.45) is 4.41. The number of hydrogen-bond acceptors (Lipinski definition) is 4. The minimum absolute atomic E-state index is 0.136. The lowest BCUT2D eigenvalue weighted by molar-refractivity contribution is 0.169. The highest BCUT2D eigenvalue weighted by atomic mass is 16.5. The summed E-state index contributed by atoms with van der Waals surface area (Å²) in [5, 5.41) is 12.8. The van der Waals surface area contributed by atoms with Crippen molar-refractivity contribution < 1.29 is 9.84 Å². The van der Waals surface area contributed by atoms with E-state index in [0.29, 0.717) is 6.61 Å². The summed E-state index contributed by atoms with van der Waals surface area (Å²) in [5.74, 6) is 0.848. The van der Waals surface area contributed by atoms with Gasteiger partial charge in [-0.3, -0.25) is 4.98 Å². The maximum absolute atomic E-state index is 9.40. The van der Waals surface area contributed by atoms with Crippen LogP contribution in [0.1, 0.15) is 31.4 Å². The monoisotopic (exact) mass is 300 g/mol. The number of hydrogen-bond donors (Lipinski definition) is 2. The van der Waals surface area contributed by atoms with E-state index >= 15 is 0 Å². The number of nitrogens with one attached hydrogen (secondary N) is 1. The normalized spacial score (nSPS) is 13.6. The minimum atomic E-state index is -0.226. The Morgan fingerprint density at radius 2 is 1.77 bits per heavy atom. The molecule has 0 amide bonds. The molecule has 1 unspecified atom stereocenters. The molecule has 1 aromatic heterocycles. The first-order valence-electron chi connectivity index (χ1n) is 7.62. The first kappa shape index (κ1) is 16.5. The van der Waals surface area contributed by atoms with Gasteiger partial charge in [0.1, 0.15) is 12.4 Å². The van der Waals surface area contributed by atoms with Crippen LogP contribution in [0.15, 0.2) is 48.8 Å². The summed E-state index contributed by atoms with van der Waals surface area (Å²) >= 11 is 0. The zero-order chi connectivity index (χ0) is 15.8. The SMILES string of the molecule is CCC(C)(CO)NCc1ccc(OCc2ccncc2)cc1. The van der Waals surface area contributed by atoms with E-state index in [4.69, 9.17) is 4.74 Å². The molecular formula is C18H24N2O2. The third-order valence-electron chi connectivity index (χ3n) is 3.93. The Hall–Kier alpha value is -1.91. The molecule has 2 aromatic rings. The van der Waals surface area contributed by atoms with Gasteiger partial charge in [0.25, 0.3) is 0 Å². The van der Waals surface area contributed by atoms with Crippen molar-refractivity contribution >= 4 is 0 Å². The number of aliphatic hydroxyl groups excluding tert-OH is 1. The van der Waals surface area contributed by atoms with Crippen LogP contribution in [0.5, 0.6) is 5.75 Å². The summed E-state index contributed by atoms with van der Waals surface area (Å²) in [7, 11) is 0. The number of ether oxygens (including phenoxy) is 1. The molecule has 2 N–H and O–H groups in total. The molecular weight excluding hydrogens is 276 g/mol. The van der Waals surface area contributed by atoms with E-state index in [1.807, 2.05) is 43.3 Å². The smallest absolute Gasteiger partial charge is 0.119 e. The van der Waals surface area contributed by atoms with E-state index in [-0.39, 0.29) is 12.1 Å². The quantitative estimate of drug-likeness (QED) is 0.787. The Morgan fingerprint density at radius 1 is 1.09 bits per heavy atom. The lowest BCUT2D eigenvalue weighted by Gasteiger charge is -2.27. The molecule has 118 valence electrons. The second kappa shape index (κ2) is 7.92.